The summed E-state index contributed by atoms with van der Waals surface area (Å²) in [5.41, 5.74) is 6.46. The standard InChI is InChI=1S/C15H19N5O2S/c1-15(4-2-3-5-18-15)13(22)20-14-19-11(8-23-14)9-6-10(12(16)21)17-7-9/h6-8,17-18H,2-5H2,1H3,(H2,16,21)(H,19,20,22). The van der Waals surface area contributed by atoms with E-state index in [9.17, 15) is 9.59 Å². The van der Waals surface area contributed by atoms with Gasteiger partial charge in [0.2, 0.25) is 5.91 Å². The Labute approximate surface area is 137 Å². The van der Waals surface area contributed by atoms with Gasteiger partial charge in [-0.1, -0.05) is 0 Å². The average Bonchev–Trinajstić information content (AvgIpc) is 3.16. The number of carbonyl (C=O) groups excluding carboxylic acids is 2. The predicted molar refractivity (Wildman–Crippen MR) is 89.3 cm³/mol. The average molecular weight is 333 g/mol. The van der Waals surface area contributed by atoms with Crippen LogP contribution in [0, 0.1) is 0 Å². The predicted octanol–water partition coefficient (Wildman–Crippen LogP) is 1.71. The summed E-state index contributed by atoms with van der Waals surface area (Å²) in [6.45, 7) is 2.77. The number of nitrogens with two attached hydrogens (primary N) is 1. The summed E-state index contributed by atoms with van der Waals surface area (Å²) in [5.74, 6) is -0.582. The van der Waals surface area contributed by atoms with Crippen molar-refractivity contribution in [3.05, 3.63) is 23.3 Å². The second kappa shape index (κ2) is 6.13. The molecule has 0 spiro atoms. The van der Waals surface area contributed by atoms with E-state index in [-0.39, 0.29) is 5.91 Å². The highest BCUT2D eigenvalue weighted by Gasteiger charge is 2.34. The number of anilines is 1. The molecule has 2 aromatic rings. The van der Waals surface area contributed by atoms with Gasteiger partial charge in [-0.2, -0.15) is 0 Å². The molecule has 1 aliphatic heterocycles. The molecule has 1 fully saturated rings. The molecule has 3 heterocycles. The summed E-state index contributed by atoms with van der Waals surface area (Å²) in [6, 6.07) is 1.65. The third kappa shape index (κ3) is 3.27. The summed E-state index contributed by atoms with van der Waals surface area (Å²) in [6.07, 6.45) is 4.63. The van der Waals surface area contributed by atoms with Crippen LogP contribution >= 0.6 is 11.3 Å². The Morgan fingerprint density at radius 1 is 1.43 bits per heavy atom. The Hall–Kier alpha value is -2.19. The van der Waals surface area contributed by atoms with E-state index >= 15 is 0 Å². The van der Waals surface area contributed by atoms with Crippen LogP contribution in [-0.2, 0) is 4.79 Å². The zero-order valence-corrected chi connectivity index (χ0v) is 13.6. The number of thiazole rings is 1. The lowest BCUT2D eigenvalue weighted by atomic mass is 9.90. The van der Waals surface area contributed by atoms with Crippen LogP contribution in [0.1, 0.15) is 36.7 Å². The Morgan fingerprint density at radius 3 is 2.91 bits per heavy atom. The Balaban J connectivity index is 1.71. The van der Waals surface area contributed by atoms with Crippen LogP contribution in [0.4, 0.5) is 5.13 Å². The van der Waals surface area contributed by atoms with Crippen molar-refractivity contribution < 1.29 is 9.59 Å². The van der Waals surface area contributed by atoms with Gasteiger partial charge in [-0.15, -0.1) is 11.3 Å². The molecule has 1 saturated heterocycles. The number of nitrogens with zero attached hydrogens (tertiary/aromatic N) is 1. The molecular formula is C15H19N5O2S. The second-order valence-electron chi connectivity index (χ2n) is 5.87. The van der Waals surface area contributed by atoms with Crippen molar-refractivity contribution in [3.8, 4) is 11.3 Å². The van der Waals surface area contributed by atoms with Gasteiger partial charge in [0.05, 0.1) is 11.2 Å². The number of amides is 2. The van der Waals surface area contributed by atoms with E-state index in [1.165, 1.54) is 11.3 Å². The van der Waals surface area contributed by atoms with Crippen molar-refractivity contribution in [1.29, 1.82) is 0 Å². The van der Waals surface area contributed by atoms with Gasteiger partial charge in [-0.25, -0.2) is 4.98 Å². The molecule has 8 heteroatoms. The van der Waals surface area contributed by atoms with E-state index in [0.717, 1.165) is 31.4 Å². The fourth-order valence-electron chi connectivity index (χ4n) is 2.63. The van der Waals surface area contributed by atoms with Crippen molar-refractivity contribution in [2.24, 2.45) is 5.73 Å². The minimum atomic E-state index is -0.544. The van der Waals surface area contributed by atoms with Crippen LogP contribution in [0.2, 0.25) is 0 Å². The number of aromatic nitrogens is 2. The normalized spacial score (nSPS) is 21.1. The van der Waals surface area contributed by atoms with Gasteiger partial charge in [0.25, 0.3) is 5.91 Å². The highest BCUT2D eigenvalue weighted by atomic mass is 32.1. The number of carbonyl (C=O) groups is 2. The summed E-state index contributed by atoms with van der Waals surface area (Å²) in [4.78, 5) is 30.8. The highest BCUT2D eigenvalue weighted by Crippen LogP contribution is 2.27. The summed E-state index contributed by atoms with van der Waals surface area (Å²) < 4.78 is 0. The molecule has 0 aliphatic carbocycles. The first-order valence-electron chi connectivity index (χ1n) is 7.48. The number of hydrogen-bond donors (Lipinski definition) is 4. The minimum Gasteiger partial charge on any atom is -0.364 e. The van der Waals surface area contributed by atoms with Crippen molar-refractivity contribution >= 4 is 28.3 Å². The van der Waals surface area contributed by atoms with E-state index in [0.29, 0.717) is 16.5 Å². The molecule has 5 N–H and O–H groups in total. The maximum atomic E-state index is 12.5. The first-order chi connectivity index (χ1) is 11.0. The van der Waals surface area contributed by atoms with Gasteiger partial charge in [0, 0.05) is 17.1 Å². The molecule has 0 bridgehead atoms. The Kier molecular flexibility index (Phi) is 4.18. The third-order valence-corrected chi connectivity index (χ3v) is 4.85. The van der Waals surface area contributed by atoms with E-state index in [1.807, 2.05) is 12.3 Å². The van der Waals surface area contributed by atoms with E-state index in [4.69, 9.17) is 5.73 Å². The molecular weight excluding hydrogens is 314 g/mol. The number of nitrogens with one attached hydrogen (secondary N) is 3. The molecule has 2 amide bonds. The number of aromatic amines is 1. The topological polar surface area (TPSA) is 113 Å². The van der Waals surface area contributed by atoms with Crippen molar-refractivity contribution in [2.75, 3.05) is 11.9 Å². The summed E-state index contributed by atoms with van der Waals surface area (Å²) in [5, 5.41) is 8.53. The lowest BCUT2D eigenvalue weighted by Crippen LogP contribution is -2.54. The van der Waals surface area contributed by atoms with Crippen LogP contribution < -0.4 is 16.4 Å². The van der Waals surface area contributed by atoms with Crippen LogP contribution in [-0.4, -0.2) is 33.9 Å². The molecule has 0 saturated carbocycles. The van der Waals surface area contributed by atoms with Crippen LogP contribution in [0.25, 0.3) is 11.3 Å². The molecule has 2 aromatic heterocycles. The maximum Gasteiger partial charge on any atom is 0.265 e. The SMILES string of the molecule is CC1(C(=O)Nc2nc(-c3c[nH]c(C(N)=O)c3)cs2)CCCCN1. The third-order valence-electron chi connectivity index (χ3n) is 4.09. The van der Waals surface area contributed by atoms with Crippen LogP contribution in [0.5, 0.6) is 0 Å². The Morgan fingerprint density at radius 2 is 2.26 bits per heavy atom. The first kappa shape index (κ1) is 15.7. The van der Waals surface area contributed by atoms with Gasteiger partial charge >= 0.3 is 0 Å². The molecule has 0 aromatic carbocycles. The van der Waals surface area contributed by atoms with Crippen molar-refractivity contribution in [2.45, 2.75) is 31.7 Å². The molecule has 3 rings (SSSR count). The quantitative estimate of drug-likeness (QED) is 0.682. The van der Waals surface area contributed by atoms with E-state index in [2.05, 4.69) is 20.6 Å². The Bertz CT molecular complexity index is 730. The summed E-state index contributed by atoms with van der Waals surface area (Å²) >= 11 is 1.35. The number of hydrogen-bond acceptors (Lipinski definition) is 5. The van der Waals surface area contributed by atoms with Gasteiger partial charge < -0.3 is 21.4 Å². The number of piperidine rings is 1. The van der Waals surface area contributed by atoms with E-state index < -0.39 is 11.4 Å². The fourth-order valence-corrected chi connectivity index (χ4v) is 3.35. The first-order valence-corrected chi connectivity index (χ1v) is 8.36. The number of H-pyrrole nitrogens is 1. The molecule has 7 nitrogen and oxygen atoms in total. The van der Waals surface area contributed by atoms with Gasteiger partial charge in [-0.3, -0.25) is 9.59 Å². The molecule has 1 aliphatic rings. The maximum absolute atomic E-state index is 12.5. The van der Waals surface area contributed by atoms with Gasteiger partial charge in [0.15, 0.2) is 5.13 Å². The van der Waals surface area contributed by atoms with Crippen molar-refractivity contribution in [3.63, 3.8) is 0 Å². The molecule has 1 unspecified atom stereocenters. The second-order valence-corrected chi connectivity index (χ2v) is 6.73. The fraction of sp³-hybridized carbons (Fsp3) is 0.400. The molecule has 1 atom stereocenters. The van der Waals surface area contributed by atoms with E-state index in [1.54, 1.807) is 12.3 Å². The lowest BCUT2D eigenvalue weighted by Gasteiger charge is -2.33. The van der Waals surface area contributed by atoms with Crippen LogP contribution in [0.15, 0.2) is 17.6 Å². The zero-order valence-electron chi connectivity index (χ0n) is 12.8. The molecule has 122 valence electrons. The minimum absolute atomic E-state index is 0.0648. The van der Waals surface area contributed by atoms with Gasteiger partial charge in [-0.05, 0) is 38.8 Å². The number of rotatable bonds is 4. The number of primary amides is 1. The summed E-state index contributed by atoms with van der Waals surface area (Å²) in [7, 11) is 0. The highest BCUT2D eigenvalue weighted by molar-refractivity contribution is 7.14. The monoisotopic (exact) mass is 333 g/mol. The molecule has 23 heavy (non-hydrogen) atoms. The zero-order chi connectivity index (χ0) is 16.4. The lowest BCUT2D eigenvalue weighted by molar-refractivity contribution is -0.122. The van der Waals surface area contributed by atoms with Crippen molar-refractivity contribution in [1.82, 2.24) is 15.3 Å². The van der Waals surface area contributed by atoms with Gasteiger partial charge in [0.1, 0.15) is 5.69 Å². The molecule has 0 radical (unpaired) electrons. The van der Waals surface area contributed by atoms with Crippen LogP contribution in [0.3, 0.4) is 0 Å². The smallest absolute Gasteiger partial charge is 0.265 e. The largest absolute Gasteiger partial charge is 0.364 e.